The van der Waals surface area contributed by atoms with Gasteiger partial charge in [0.1, 0.15) is 11.5 Å². The zero-order chi connectivity index (χ0) is 27.3. The van der Waals surface area contributed by atoms with Crippen LogP contribution in [-0.4, -0.2) is 0 Å². The van der Waals surface area contributed by atoms with Gasteiger partial charge in [0, 0.05) is 11.1 Å². The Hall–Kier alpha value is -1.76. The number of unbranched alkanes of at least 4 members (excludes halogenated alkanes) is 8. The molecule has 0 heterocycles. The Morgan fingerprint density at radius 1 is 0.541 bits per heavy atom. The van der Waals surface area contributed by atoms with Crippen LogP contribution in [0.2, 0.25) is 0 Å². The molecule has 0 aliphatic rings. The Morgan fingerprint density at radius 3 is 1.27 bits per heavy atom. The molecule has 0 aliphatic carbocycles. The largest absolute Gasteiger partial charge is 0.457 e. The molecule has 2 aromatic rings. The maximum absolute atomic E-state index is 6.83. The van der Waals surface area contributed by atoms with Crippen LogP contribution in [0.5, 0.6) is 11.5 Å². The topological polar surface area (TPSA) is 9.23 Å². The lowest BCUT2D eigenvalue weighted by atomic mass is 9.71. The summed E-state index contributed by atoms with van der Waals surface area (Å²) in [4.78, 5) is 0. The molecule has 0 spiro atoms. The summed E-state index contributed by atoms with van der Waals surface area (Å²) in [5.41, 5.74) is 2.76. The lowest BCUT2D eigenvalue weighted by Gasteiger charge is -2.36. The second-order valence-electron chi connectivity index (χ2n) is 12.7. The van der Waals surface area contributed by atoms with Gasteiger partial charge in [-0.05, 0) is 47.6 Å². The molecule has 1 heteroatoms. The van der Waals surface area contributed by atoms with Gasteiger partial charge in [0.05, 0.1) is 0 Å². The lowest BCUT2D eigenvalue weighted by molar-refractivity contribution is 0.295. The van der Waals surface area contributed by atoms with Gasteiger partial charge in [0.2, 0.25) is 0 Å². The average Bonchev–Trinajstić information content (AvgIpc) is 2.88. The fourth-order valence-corrected chi connectivity index (χ4v) is 5.66. The van der Waals surface area contributed by atoms with E-state index in [1.165, 1.54) is 88.2 Å². The third kappa shape index (κ3) is 9.19. The fourth-order valence-electron chi connectivity index (χ4n) is 5.66. The highest BCUT2D eigenvalue weighted by Crippen LogP contribution is 2.44. The van der Waals surface area contributed by atoms with Gasteiger partial charge in [0.15, 0.2) is 0 Å². The number of hydrogen-bond donors (Lipinski definition) is 0. The van der Waals surface area contributed by atoms with E-state index < -0.39 is 0 Å². The van der Waals surface area contributed by atoms with Crippen molar-refractivity contribution in [3.63, 3.8) is 0 Å². The van der Waals surface area contributed by atoms with E-state index in [0.717, 1.165) is 11.5 Å². The van der Waals surface area contributed by atoms with E-state index in [1.54, 1.807) is 0 Å². The summed E-state index contributed by atoms with van der Waals surface area (Å²) in [7, 11) is 0. The van der Waals surface area contributed by atoms with Crippen molar-refractivity contribution in [2.45, 2.75) is 143 Å². The Kier molecular flexibility index (Phi) is 13.3. The number of hydrogen-bond acceptors (Lipinski definition) is 1. The van der Waals surface area contributed by atoms with E-state index in [2.05, 4.69) is 104 Å². The van der Waals surface area contributed by atoms with Crippen molar-refractivity contribution in [1.82, 2.24) is 0 Å². The van der Waals surface area contributed by atoms with Crippen molar-refractivity contribution in [2.75, 3.05) is 0 Å². The van der Waals surface area contributed by atoms with E-state index >= 15 is 0 Å². The molecule has 0 amide bonds. The van der Waals surface area contributed by atoms with Gasteiger partial charge in [-0.3, -0.25) is 0 Å². The molecule has 0 aliphatic heterocycles. The molecule has 0 radical (unpaired) electrons. The summed E-state index contributed by atoms with van der Waals surface area (Å²) in [6.07, 6.45) is 16.0. The van der Waals surface area contributed by atoms with Crippen LogP contribution < -0.4 is 4.74 Å². The van der Waals surface area contributed by atoms with Gasteiger partial charge in [0.25, 0.3) is 0 Å². The zero-order valence-corrected chi connectivity index (χ0v) is 25.7. The van der Waals surface area contributed by atoms with Crippen LogP contribution in [0.1, 0.15) is 144 Å². The van der Waals surface area contributed by atoms with Gasteiger partial charge >= 0.3 is 0 Å². The molecule has 2 rings (SSSR count). The van der Waals surface area contributed by atoms with E-state index in [4.69, 9.17) is 4.74 Å². The van der Waals surface area contributed by atoms with Crippen molar-refractivity contribution in [3.8, 4) is 11.5 Å². The first-order valence-corrected chi connectivity index (χ1v) is 15.5. The van der Waals surface area contributed by atoms with Crippen molar-refractivity contribution >= 4 is 0 Å². The summed E-state index contributed by atoms with van der Waals surface area (Å²) in [5.74, 6) is 3.22. The molecular weight excluding hydrogens is 448 g/mol. The number of ether oxygens (including phenoxy) is 1. The van der Waals surface area contributed by atoms with Crippen molar-refractivity contribution in [2.24, 2.45) is 11.8 Å². The second kappa shape index (κ2) is 15.6. The average molecular weight is 507 g/mol. The normalized spacial score (nSPS) is 13.9. The van der Waals surface area contributed by atoms with Gasteiger partial charge in [-0.15, -0.1) is 0 Å². The third-order valence-corrected chi connectivity index (χ3v) is 9.33. The molecule has 2 unspecified atom stereocenters. The lowest BCUT2D eigenvalue weighted by Crippen LogP contribution is -2.28. The molecule has 0 N–H and O–H groups in total. The summed E-state index contributed by atoms with van der Waals surface area (Å²) in [6.45, 7) is 19.1. The van der Waals surface area contributed by atoms with Crippen LogP contribution in [0.3, 0.4) is 0 Å². The summed E-state index contributed by atoms with van der Waals surface area (Å²) in [6, 6.07) is 17.5. The quantitative estimate of drug-likeness (QED) is 0.183. The molecule has 0 saturated carbocycles. The molecule has 0 fully saturated rings. The second-order valence-corrected chi connectivity index (χ2v) is 12.7. The molecule has 0 aromatic heterocycles. The first kappa shape index (κ1) is 31.5. The number of benzene rings is 2. The zero-order valence-electron chi connectivity index (χ0n) is 25.7. The van der Waals surface area contributed by atoms with Crippen molar-refractivity contribution in [3.05, 3.63) is 59.7 Å². The van der Waals surface area contributed by atoms with Crippen molar-refractivity contribution < 1.29 is 4.74 Å². The predicted octanol–water partition coefficient (Wildman–Crippen LogP) is 12.0. The standard InChI is InChI=1S/C36H58O/c1-9-11-13-15-17-23-29(3)35(5,6)31-25-19-21-27-33(31)37-34-28-22-20-26-32(34)36(7,8)30(4)24-18-16-14-12-10-2/h19-22,25-30H,9-18,23-24H2,1-8H3. The van der Waals surface area contributed by atoms with Gasteiger partial charge in [-0.25, -0.2) is 0 Å². The molecule has 37 heavy (non-hydrogen) atoms. The monoisotopic (exact) mass is 506 g/mol. The molecule has 208 valence electrons. The first-order valence-electron chi connectivity index (χ1n) is 15.5. The predicted molar refractivity (Wildman–Crippen MR) is 164 cm³/mol. The van der Waals surface area contributed by atoms with Gasteiger partial charge in [-0.1, -0.05) is 156 Å². The molecule has 0 bridgehead atoms. The molecular formula is C36H58O. The number of para-hydroxylation sites is 2. The van der Waals surface area contributed by atoms with E-state index in [0.29, 0.717) is 11.8 Å². The summed E-state index contributed by atoms with van der Waals surface area (Å²) < 4.78 is 6.83. The maximum Gasteiger partial charge on any atom is 0.131 e. The van der Waals surface area contributed by atoms with E-state index in [1.807, 2.05) is 0 Å². The Bertz CT molecular complexity index is 820. The highest BCUT2D eigenvalue weighted by Gasteiger charge is 2.33. The molecule has 0 saturated heterocycles. The van der Waals surface area contributed by atoms with Crippen LogP contribution in [0.4, 0.5) is 0 Å². The maximum atomic E-state index is 6.83. The highest BCUT2D eigenvalue weighted by atomic mass is 16.5. The highest BCUT2D eigenvalue weighted by molar-refractivity contribution is 5.46. The van der Waals surface area contributed by atoms with Gasteiger partial charge < -0.3 is 4.74 Å². The van der Waals surface area contributed by atoms with Crippen LogP contribution in [-0.2, 0) is 10.8 Å². The van der Waals surface area contributed by atoms with Crippen LogP contribution in [0.15, 0.2) is 48.5 Å². The molecule has 2 atom stereocenters. The number of rotatable bonds is 18. The van der Waals surface area contributed by atoms with Crippen molar-refractivity contribution in [1.29, 1.82) is 0 Å². The Morgan fingerprint density at radius 2 is 0.892 bits per heavy atom. The minimum Gasteiger partial charge on any atom is -0.457 e. The fraction of sp³-hybridized carbons (Fsp3) is 0.667. The van der Waals surface area contributed by atoms with Gasteiger partial charge in [-0.2, -0.15) is 0 Å². The minimum atomic E-state index is 0.0532. The van der Waals surface area contributed by atoms with E-state index in [-0.39, 0.29) is 10.8 Å². The minimum absolute atomic E-state index is 0.0532. The van der Waals surface area contributed by atoms with Crippen LogP contribution >= 0.6 is 0 Å². The van der Waals surface area contributed by atoms with E-state index in [9.17, 15) is 0 Å². The first-order chi connectivity index (χ1) is 17.7. The third-order valence-electron chi connectivity index (χ3n) is 9.33. The van der Waals surface area contributed by atoms with Crippen LogP contribution in [0.25, 0.3) is 0 Å². The Balaban J connectivity index is 2.20. The summed E-state index contributed by atoms with van der Waals surface area (Å²) in [5, 5.41) is 0. The Labute approximate surface area is 230 Å². The molecule has 2 aromatic carbocycles. The smallest absolute Gasteiger partial charge is 0.131 e. The summed E-state index contributed by atoms with van der Waals surface area (Å²) >= 11 is 0. The SMILES string of the molecule is CCCCCCCC(C)C(C)(C)c1ccccc1Oc1ccccc1C(C)(C)C(C)CCCCCCC. The molecule has 1 nitrogen and oxygen atoms in total. The van der Waals surface area contributed by atoms with Crippen LogP contribution in [0, 0.1) is 11.8 Å².